The Bertz CT molecular complexity index is 670. The Kier molecular flexibility index (Phi) is 4.73. The van der Waals surface area contributed by atoms with Gasteiger partial charge in [-0.3, -0.25) is 9.48 Å². The quantitative estimate of drug-likeness (QED) is 0.883. The lowest BCUT2D eigenvalue weighted by Crippen LogP contribution is -2.32. The van der Waals surface area contributed by atoms with E-state index in [-0.39, 0.29) is 5.91 Å². The van der Waals surface area contributed by atoms with Gasteiger partial charge in [0.1, 0.15) is 5.69 Å². The van der Waals surface area contributed by atoms with Crippen LogP contribution in [0.1, 0.15) is 50.6 Å². The molecule has 0 bridgehead atoms. The summed E-state index contributed by atoms with van der Waals surface area (Å²) in [6.45, 7) is 4.69. The van der Waals surface area contributed by atoms with Crippen molar-refractivity contribution in [2.75, 3.05) is 0 Å². The summed E-state index contributed by atoms with van der Waals surface area (Å²) in [5.41, 5.74) is 1.73. The molecule has 0 unspecified atom stereocenters. The number of nitrogens with zero attached hydrogens (tertiary/aromatic N) is 4. The fourth-order valence-electron chi connectivity index (χ4n) is 3.01. The van der Waals surface area contributed by atoms with Crippen molar-refractivity contribution in [2.24, 2.45) is 0 Å². The van der Waals surface area contributed by atoms with Gasteiger partial charge in [-0.15, -0.1) is 10.2 Å². The van der Waals surface area contributed by atoms with Gasteiger partial charge >= 0.3 is 0 Å². The summed E-state index contributed by atoms with van der Waals surface area (Å²) in [6, 6.07) is 2.27. The van der Waals surface area contributed by atoms with E-state index >= 15 is 0 Å². The summed E-state index contributed by atoms with van der Waals surface area (Å²) in [7, 11) is 0. The van der Waals surface area contributed by atoms with E-state index in [4.69, 9.17) is 4.42 Å². The summed E-state index contributed by atoms with van der Waals surface area (Å²) in [5.74, 6) is 1.01. The molecule has 1 N–H and O–H groups in total. The maximum Gasteiger partial charge on any atom is 0.265 e. The molecule has 0 atom stereocenters. The molecule has 0 radical (unpaired) electrons. The van der Waals surface area contributed by atoms with E-state index in [9.17, 15) is 4.79 Å². The number of aromatic nitrogens is 4. The van der Waals surface area contributed by atoms with Gasteiger partial charge in [-0.2, -0.15) is 5.10 Å². The lowest BCUT2D eigenvalue weighted by atomic mass is 10.2. The summed E-state index contributed by atoms with van der Waals surface area (Å²) >= 11 is 0. The van der Waals surface area contributed by atoms with Gasteiger partial charge in [0.15, 0.2) is 0 Å². The van der Waals surface area contributed by atoms with Crippen LogP contribution in [-0.2, 0) is 17.8 Å². The van der Waals surface area contributed by atoms with E-state index in [1.807, 2.05) is 24.6 Å². The van der Waals surface area contributed by atoms with Crippen molar-refractivity contribution >= 4 is 5.91 Å². The van der Waals surface area contributed by atoms with Gasteiger partial charge in [0, 0.05) is 25.4 Å². The van der Waals surface area contributed by atoms with Crippen molar-refractivity contribution in [2.45, 2.75) is 65.0 Å². The molecule has 7 nitrogen and oxygen atoms in total. The van der Waals surface area contributed by atoms with Crippen LogP contribution in [0.3, 0.4) is 0 Å². The summed E-state index contributed by atoms with van der Waals surface area (Å²) in [5, 5.41) is 15.6. The summed E-state index contributed by atoms with van der Waals surface area (Å²) in [6.07, 6.45) is 5.45. The standard InChI is InChI=1S/C16H23N5O2/c1-3-21-13(10-11(2)20-21)16-19-18-15(23-16)9-8-14(22)17-12-6-4-5-7-12/h10,12H,3-9H2,1-2H3,(H,17,22). The summed E-state index contributed by atoms with van der Waals surface area (Å²) < 4.78 is 7.52. The highest BCUT2D eigenvalue weighted by atomic mass is 16.4. The average Bonchev–Trinajstić information content (AvgIpc) is 3.25. The maximum absolute atomic E-state index is 11.9. The second-order valence-electron chi connectivity index (χ2n) is 6.04. The number of amides is 1. The highest BCUT2D eigenvalue weighted by molar-refractivity contribution is 5.76. The van der Waals surface area contributed by atoms with E-state index in [1.54, 1.807) is 0 Å². The minimum Gasteiger partial charge on any atom is -0.419 e. The zero-order chi connectivity index (χ0) is 16.2. The van der Waals surface area contributed by atoms with Crippen LogP contribution in [-0.4, -0.2) is 31.9 Å². The van der Waals surface area contributed by atoms with Crippen molar-refractivity contribution in [1.29, 1.82) is 0 Å². The third kappa shape index (κ3) is 3.78. The van der Waals surface area contributed by atoms with Crippen molar-refractivity contribution in [1.82, 2.24) is 25.3 Å². The monoisotopic (exact) mass is 317 g/mol. The van der Waals surface area contributed by atoms with Gasteiger partial charge in [-0.1, -0.05) is 12.8 Å². The predicted octanol–water partition coefficient (Wildman–Crippen LogP) is 2.25. The second-order valence-corrected chi connectivity index (χ2v) is 6.04. The fraction of sp³-hybridized carbons (Fsp3) is 0.625. The van der Waals surface area contributed by atoms with E-state index in [0.717, 1.165) is 30.8 Å². The molecule has 0 aliphatic heterocycles. The number of hydrogen-bond acceptors (Lipinski definition) is 5. The zero-order valence-corrected chi connectivity index (χ0v) is 13.7. The zero-order valence-electron chi connectivity index (χ0n) is 13.7. The Morgan fingerprint density at radius 2 is 2.17 bits per heavy atom. The van der Waals surface area contributed by atoms with Crippen LogP contribution in [0.15, 0.2) is 10.5 Å². The topological polar surface area (TPSA) is 85.8 Å². The van der Waals surface area contributed by atoms with Gasteiger partial charge in [-0.25, -0.2) is 0 Å². The first-order valence-electron chi connectivity index (χ1n) is 8.32. The molecule has 1 aliphatic rings. The van der Waals surface area contributed by atoms with Crippen molar-refractivity contribution < 1.29 is 9.21 Å². The SMILES string of the molecule is CCn1nc(C)cc1-c1nnc(CCC(=O)NC2CCCC2)o1. The van der Waals surface area contributed by atoms with Crippen LogP contribution in [0.4, 0.5) is 0 Å². The Morgan fingerprint density at radius 3 is 2.91 bits per heavy atom. The molecule has 2 aromatic heterocycles. The van der Waals surface area contributed by atoms with Gasteiger partial charge < -0.3 is 9.73 Å². The van der Waals surface area contributed by atoms with Crippen molar-refractivity contribution in [3.8, 4) is 11.6 Å². The summed E-state index contributed by atoms with van der Waals surface area (Å²) in [4.78, 5) is 11.9. The molecule has 3 rings (SSSR count). The van der Waals surface area contributed by atoms with Gasteiger partial charge in [0.25, 0.3) is 5.89 Å². The number of aryl methyl sites for hydroxylation is 3. The molecule has 2 heterocycles. The third-order valence-corrected chi connectivity index (χ3v) is 4.17. The van der Waals surface area contributed by atoms with E-state index < -0.39 is 0 Å². The molecular formula is C16H23N5O2. The maximum atomic E-state index is 11.9. The molecule has 0 saturated heterocycles. The number of nitrogens with one attached hydrogen (secondary N) is 1. The Morgan fingerprint density at radius 1 is 1.39 bits per heavy atom. The molecule has 0 spiro atoms. The van der Waals surface area contributed by atoms with Crippen LogP contribution in [0.5, 0.6) is 0 Å². The lowest BCUT2D eigenvalue weighted by molar-refractivity contribution is -0.121. The van der Waals surface area contributed by atoms with E-state index in [0.29, 0.717) is 30.7 Å². The van der Waals surface area contributed by atoms with E-state index in [2.05, 4.69) is 20.6 Å². The fourth-order valence-corrected chi connectivity index (χ4v) is 3.01. The Balaban J connectivity index is 1.57. The largest absolute Gasteiger partial charge is 0.419 e. The molecule has 1 amide bonds. The number of carbonyl (C=O) groups is 1. The van der Waals surface area contributed by atoms with Crippen molar-refractivity contribution in [3.05, 3.63) is 17.7 Å². The number of carbonyl (C=O) groups excluding carboxylic acids is 1. The van der Waals surface area contributed by atoms with Crippen LogP contribution < -0.4 is 5.32 Å². The minimum absolute atomic E-state index is 0.0612. The molecule has 1 fully saturated rings. The van der Waals surface area contributed by atoms with Crippen LogP contribution in [0.2, 0.25) is 0 Å². The molecule has 0 aromatic carbocycles. The molecule has 1 aliphatic carbocycles. The number of hydrogen-bond donors (Lipinski definition) is 1. The van der Waals surface area contributed by atoms with Gasteiger partial charge in [0.2, 0.25) is 11.8 Å². The molecule has 1 saturated carbocycles. The highest BCUT2D eigenvalue weighted by Crippen LogP contribution is 2.20. The third-order valence-electron chi connectivity index (χ3n) is 4.17. The second kappa shape index (κ2) is 6.93. The Hall–Kier alpha value is -2.18. The van der Waals surface area contributed by atoms with E-state index in [1.165, 1.54) is 12.8 Å². The van der Waals surface area contributed by atoms with Crippen LogP contribution in [0.25, 0.3) is 11.6 Å². The highest BCUT2D eigenvalue weighted by Gasteiger charge is 2.18. The normalized spacial score (nSPS) is 15.2. The minimum atomic E-state index is 0.0612. The molecule has 2 aromatic rings. The molecule has 23 heavy (non-hydrogen) atoms. The van der Waals surface area contributed by atoms with Gasteiger partial charge in [-0.05, 0) is 32.8 Å². The average molecular weight is 317 g/mol. The van der Waals surface area contributed by atoms with Crippen molar-refractivity contribution in [3.63, 3.8) is 0 Å². The molecule has 124 valence electrons. The predicted molar refractivity (Wildman–Crippen MR) is 84.6 cm³/mol. The smallest absolute Gasteiger partial charge is 0.265 e. The van der Waals surface area contributed by atoms with Crippen LogP contribution in [0, 0.1) is 6.92 Å². The first-order chi connectivity index (χ1) is 11.2. The molecule has 7 heteroatoms. The first kappa shape index (κ1) is 15.7. The first-order valence-corrected chi connectivity index (χ1v) is 8.32. The van der Waals surface area contributed by atoms with Gasteiger partial charge in [0.05, 0.1) is 5.69 Å². The molecular weight excluding hydrogens is 294 g/mol. The Labute approximate surface area is 135 Å². The van der Waals surface area contributed by atoms with Crippen LogP contribution >= 0.6 is 0 Å². The lowest BCUT2D eigenvalue weighted by Gasteiger charge is -2.10. The number of rotatable bonds is 6.